The number of allylic oxidation sites excluding steroid dienone is 5. The first kappa shape index (κ1) is 38.3. The molecule has 3 aliphatic heterocycles. The number of ether oxygens (including phenoxy) is 1. The first-order valence-electron chi connectivity index (χ1n) is 18.8. The van der Waals surface area contributed by atoms with E-state index in [-0.39, 0.29) is 22.3 Å². The van der Waals surface area contributed by atoms with Gasteiger partial charge in [0.2, 0.25) is 0 Å². The molecule has 0 spiro atoms. The van der Waals surface area contributed by atoms with Crippen LogP contribution in [-0.4, -0.2) is 60.7 Å². The van der Waals surface area contributed by atoms with Crippen molar-refractivity contribution in [3.8, 4) is 4.37 Å². The Bertz CT molecular complexity index is 2610. The second-order valence-corrected chi connectivity index (χ2v) is 18.1. The van der Waals surface area contributed by atoms with Crippen LogP contribution in [0.4, 0.5) is 0 Å². The van der Waals surface area contributed by atoms with Gasteiger partial charge in [0.05, 0.1) is 0 Å². The Morgan fingerprint density at radius 3 is 1.72 bits per heavy atom. The van der Waals surface area contributed by atoms with Crippen molar-refractivity contribution in [2.75, 3.05) is 27.3 Å². The Kier molecular flexibility index (Phi) is 10.3. The summed E-state index contributed by atoms with van der Waals surface area (Å²) < 4.78 is 9.82. The van der Waals surface area contributed by atoms with Crippen LogP contribution in [0.15, 0.2) is 138 Å². The normalized spacial score (nSPS) is 17.3. The van der Waals surface area contributed by atoms with E-state index in [1.54, 1.807) is 42.2 Å². The van der Waals surface area contributed by atoms with Crippen LogP contribution in [0.1, 0.15) is 72.8 Å². The minimum atomic E-state index is -2.86. The van der Waals surface area contributed by atoms with E-state index in [9.17, 15) is 19.2 Å². The maximum atomic E-state index is 14.9. The Hall–Kier alpha value is -5.59. The predicted molar refractivity (Wildman–Crippen MR) is 225 cm³/mol. The van der Waals surface area contributed by atoms with Crippen LogP contribution < -0.4 is 15.9 Å². The molecule has 8 rings (SSSR count). The van der Waals surface area contributed by atoms with Gasteiger partial charge in [0.25, 0.3) is 0 Å². The van der Waals surface area contributed by atoms with Crippen LogP contribution in [0.2, 0.25) is 0 Å². The van der Waals surface area contributed by atoms with Gasteiger partial charge in [-0.2, -0.15) is 0 Å². The second-order valence-electron chi connectivity index (χ2n) is 14.2. The second kappa shape index (κ2) is 15.4. The molecule has 0 radical (unpaired) electrons. The van der Waals surface area contributed by atoms with Crippen molar-refractivity contribution in [2.45, 2.75) is 20.3 Å². The van der Waals surface area contributed by atoms with Crippen molar-refractivity contribution < 1.29 is 41.9 Å². The summed E-state index contributed by atoms with van der Waals surface area (Å²) in [4.78, 5) is 59.8. The molecular weight excluding hydrogens is 906 g/mol. The van der Waals surface area contributed by atoms with E-state index in [1.807, 2.05) is 61.5 Å². The first-order valence-corrected chi connectivity index (χ1v) is 21.8. The molecule has 57 heavy (non-hydrogen) atoms. The predicted octanol–water partition coefficient (Wildman–Crippen LogP) is 7.83. The van der Waals surface area contributed by atoms with E-state index in [0.29, 0.717) is 40.7 Å². The Labute approximate surface area is 342 Å². The minimum absolute atomic E-state index is 0.252. The average molecular weight is 945 g/mol. The molecule has 7 nitrogen and oxygen atoms in total. The van der Waals surface area contributed by atoms with Crippen LogP contribution in [-0.2, 0) is 22.7 Å². The summed E-state index contributed by atoms with van der Waals surface area (Å²) in [6, 6.07) is 34.7. The first-order chi connectivity index (χ1) is 27.7. The van der Waals surface area contributed by atoms with Crippen LogP contribution >= 0.6 is 7.26 Å². The topological polar surface area (TPSA) is 84.0 Å². The average Bonchev–Trinajstić information content (AvgIpc) is 3.69. The van der Waals surface area contributed by atoms with Crippen LogP contribution in [0.25, 0.3) is 22.4 Å². The summed E-state index contributed by atoms with van der Waals surface area (Å²) in [5, 5.41) is 4.73. The third-order valence-corrected chi connectivity index (χ3v) is 16.4. The number of amides is 4. The van der Waals surface area contributed by atoms with E-state index in [4.69, 9.17) is 4.74 Å². The molecule has 0 atom stereocenters. The fourth-order valence-corrected chi connectivity index (χ4v) is 14.2. The Morgan fingerprint density at radius 2 is 1.21 bits per heavy atom. The molecule has 1 fully saturated rings. The van der Waals surface area contributed by atoms with Crippen LogP contribution in [0.3, 0.4) is 0 Å². The Morgan fingerprint density at radius 1 is 0.719 bits per heavy atom. The molecule has 0 aromatic heterocycles. The number of rotatable bonds is 8. The van der Waals surface area contributed by atoms with Crippen molar-refractivity contribution >= 4 is 69.2 Å². The Balaban J connectivity index is 1.65. The zero-order chi connectivity index (χ0) is 40.0. The van der Waals surface area contributed by atoms with Gasteiger partial charge in [-0.25, -0.2) is 0 Å². The molecular formula is C48H39N2O5OsP+. The van der Waals surface area contributed by atoms with Gasteiger partial charge in [0, 0.05) is 0 Å². The number of carbonyl (C=O) groups excluding carboxylic acids is 4. The molecule has 0 saturated carbocycles. The van der Waals surface area contributed by atoms with Gasteiger partial charge in [-0.1, -0.05) is 0 Å². The quantitative estimate of drug-likeness (QED) is 0.117. The van der Waals surface area contributed by atoms with Gasteiger partial charge in [-0.15, -0.1) is 0 Å². The van der Waals surface area contributed by atoms with E-state index >= 15 is 0 Å². The molecule has 4 amide bonds. The molecule has 283 valence electrons. The summed E-state index contributed by atoms with van der Waals surface area (Å²) in [6.07, 6.45) is 8.64. The van der Waals surface area contributed by atoms with Crippen molar-refractivity contribution in [3.05, 3.63) is 171 Å². The van der Waals surface area contributed by atoms with Gasteiger partial charge in [-0.3, -0.25) is 0 Å². The van der Waals surface area contributed by atoms with Crippen LogP contribution in [0.5, 0.6) is 0 Å². The molecule has 1 saturated heterocycles. The maximum absolute atomic E-state index is 14.9. The molecule has 0 bridgehead atoms. The molecule has 3 aliphatic rings. The van der Waals surface area contributed by atoms with E-state index in [0.717, 1.165) is 48.6 Å². The number of hydrogen-bond donors (Lipinski definition) is 0. The zero-order valence-corrected chi connectivity index (χ0v) is 35.4. The van der Waals surface area contributed by atoms with Crippen molar-refractivity contribution in [2.24, 2.45) is 0 Å². The van der Waals surface area contributed by atoms with E-state index < -0.39 is 30.9 Å². The monoisotopic (exact) mass is 946 g/mol. The van der Waals surface area contributed by atoms with Crippen molar-refractivity contribution in [1.29, 1.82) is 0 Å². The summed E-state index contributed by atoms with van der Waals surface area (Å²) in [5.74, 6) is -2.00. The van der Waals surface area contributed by atoms with Gasteiger partial charge < -0.3 is 0 Å². The van der Waals surface area contributed by atoms with E-state index in [1.165, 1.54) is 14.1 Å². The third kappa shape index (κ3) is 5.99. The fraction of sp³-hybridized carbons (Fsp3) is 0.146. The third-order valence-electron chi connectivity index (χ3n) is 11.0. The van der Waals surface area contributed by atoms with Gasteiger partial charge >= 0.3 is 344 Å². The SMILES string of the molecule is C/C=C/c1cc2c3c(c(C(C=C4COCC4=CCC)=C([C]#[Os])[P+](c4ccccc4)(c4ccccc4)c4ccccc4)cc4c3c1C(=O)N(C)C4=O)C(=O)N(C)C2=O. The van der Waals surface area contributed by atoms with Gasteiger partial charge in [-0.05, 0) is 0 Å². The number of hydrogen-bond acceptors (Lipinski definition) is 5. The standard InChI is InChI=1S/C48H39N2O5P.Os/c1-6-17-31-25-39-43-42-40(46(52)49(4)47(53)41(31)42)27-38(44(43)48(54)50(5)45(39)51)37(26-33-29-55-28-32(33)18-7-2)30(3)56(34-19-11-8-12-20-34,35-21-13-9-14-22-35)36-23-15-10-16-24-36;/h6,8-27H,7,28-29H2,1-2,4-5H3;/q+1;/b17-6+,32-18?,33-26?,37-30?;. The number of carbonyl (C=O) groups is 4. The molecule has 0 N–H and O–H groups in total. The summed E-state index contributed by atoms with van der Waals surface area (Å²) in [5.41, 5.74) is 4.75. The van der Waals surface area contributed by atoms with Gasteiger partial charge in [0.15, 0.2) is 0 Å². The molecule has 9 heteroatoms. The number of imide groups is 2. The fourth-order valence-electron chi connectivity index (χ4n) is 8.40. The molecule has 0 unspecified atom stereocenters. The van der Waals surface area contributed by atoms with Crippen molar-refractivity contribution in [3.63, 3.8) is 0 Å². The van der Waals surface area contributed by atoms with Crippen LogP contribution in [0, 0.1) is 4.37 Å². The number of benzene rings is 5. The molecule has 5 aromatic carbocycles. The zero-order valence-electron chi connectivity index (χ0n) is 32.0. The van der Waals surface area contributed by atoms with Crippen molar-refractivity contribution in [1.82, 2.24) is 9.80 Å². The number of nitrogens with zero attached hydrogens (tertiary/aromatic N) is 2. The summed E-state index contributed by atoms with van der Waals surface area (Å²) in [7, 11) is 0.101. The molecule has 3 heterocycles. The summed E-state index contributed by atoms with van der Waals surface area (Å²) >= 11 is 1.63. The molecule has 5 aromatic rings. The molecule has 0 aliphatic carbocycles. The summed E-state index contributed by atoms with van der Waals surface area (Å²) in [6.45, 7) is 4.71. The van der Waals surface area contributed by atoms with Gasteiger partial charge in [0.1, 0.15) is 0 Å². The van der Waals surface area contributed by atoms with E-state index in [2.05, 4.69) is 59.8 Å².